The zero-order valence-corrected chi connectivity index (χ0v) is 17.3. The molecule has 1 aliphatic rings. The summed E-state index contributed by atoms with van der Waals surface area (Å²) >= 11 is 0. The molecule has 0 aromatic heterocycles. The molecule has 0 saturated heterocycles. The van der Waals surface area contributed by atoms with Gasteiger partial charge in [-0.1, -0.05) is 26.0 Å². The molecule has 1 aliphatic heterocycles. The Kier molecular flexibility index (Phi) is 4.55. The highest BCUT2D eigenvalue weighted by Gasteiger charge is 2.49. The van der Waals surface area contributed by atoms with Crippen LogP contribution in [-0.2, 0) is 0 Å². The van der Waals surface area contributed by atoms with Gasteiger partial charge in [-0.25, -0.2) is 0 Å². The van der Waals surface area contributed by atoms with Crippen molar-refractivity contribution in [1.82, 2.24) is 10.2 Å². The van der Waals surface area contributed by atoms with Crippen molar-refractivity contribution in [3.8, 4) is 0 Å². The molecular formula is C22H29N3O2. The fourth-order valence-corrected chi connectivity index (χ4v) is 3.94. The van der Waals surface area contributed by atoms with Crippen LogP contribution in [0.1, 0.15) is 48.4 Å². The van der Waals surface area contributed by atoms with Crippen molar-refractivity contribution in [3.63, 3.8) is 0 Å². The Bertz CT molecular complexity index is 906. The van der Waals surface area contributed by atoms with Gasteiger partial charge in [0, 0.05) is 53.6 Å². The van der Waals surface area contributed by atoms with Gasteiger partial charge in [-0.15, -0.1) is 0 Å². The first-order valence-electron chi connectivity index (χ1n) is 9.31. The first-order chi connectivity index (χ1) is 12.5. The van der Waals surface area contributed by atoms with E-state index in [1.54, 1.807) is 0 Å². The van der Waals surface area contributed by atoms with E-state index in [2.05, 4.69) is 19.2 Å². The highest BCUT2D eigenvalue weighted by molar-refractivity contribution is 6.27. The number of carbonyl (C=O) groups excluding carboxylic acids is 2. The van der Waals surface area contributed by atoms with E-state index in [0.29, 0.717) is 17.7 Å². The number of nitrogens with one attached hydrogen (secondary N) is 1. The van der Waals surface area contributed by atoms with Crippen molar-refractivity contribution in [2.75, 3.05) is 32.6 Å². The average molecular weight is 367 g/mol. The Balaban J connectivity index is 2.24. The Morgan fingerprint density at radius 3 is 2.11 bits per heavy atom. The maximum absolute atomic E-state index is 13.5. The van der Waals surface area contributed by atoms with E-state index in [0.717, 1.165) is 16.5 Å². The number of imide groups is 1. The third-order valence-electron chi connectivity index (χ3n) is 6.20. The molecule has 0 unspecified atom stereocenters. The van der Waals surface area contributed by atoms with Gasteiger partial charge in [-0.05, 0) is 39.1 Å². The number of anilines is 1. The Morgan fingerprint density at radius 2 is 1.56 bits per heavy atom. The molecule has 2 amide bonds. The van der Waals surface area contributed by atoms with Gasteiger partial charge in [0.05, 0.1) is 5.54 Å². The number of rotatable bonds is 5. The second-order valence-corrected chi connectivity index (χ2v) is 8.67. The van der Waals surface area contributed by atoms with Gasteiger partial charge < -0.3 is 10.2 Å². The van der Waals surface area contributed by atoms with Crippen LogP contribution in [-0.4, -0.2) is 49.9 Å². The molecule has 0 fully saturated rings. The lowest BCUT2D eigenvalue weighted by Crippen LogP contribution is -2.61. The van der Waals surface area contributed by atoms with Gasteiger partial charge in [0.25, 0.3) is 11.8 Å². The van der Waals surface area contributed by atoms with Crippen LogP contribution in [0.2, 0.25) is 0 Å². The number of nitrogens with zero attached hydrogens (tertiary/aromatic N) is 2. The van der Waals surface area contributed by atoms with Crippen LogP contribution in [0.5, 0.6) is 0 Å². The largest absolute Gasteiger partial charge is 0.377 e. The van der Waals surface area contributed by atoms with E-state index in [1.807, 2.05) is 70.2 Å². The predicted octanol–water partition coefficient (Wildman–Crippen LogP) is 3.53. The molecule has 1 heterocycles. The second-order valence-electron chi connectivity index (χ2n) is 8.67. The normalized spacial score (nSPS) is 14.9. The van der Waals surface area contributed by atoms with E-state index < -0.39 is 5.54 Å². The number of amides is 2. The van der Waals surface area contributed by atoms with Crippen molar-refractivity contribution in [2.45, 2.75) is 33.2 Å². The first-order valence-corrected chi connectivity index (χ1v) is 9.31. The summed E-state index contributed by atoms with van der Waals surface area (Å²) in [6.07, 6.45) is 0. The number of hydrogen-bond donors (Lipinski definition) is 1. The minimum absolute atomic E-state index is 0.219. The van der Waals surface area contributed by atoms with Crippen LogP contribution in [0.25, 0.3) is 10.8 Å². The highest BCUT2D eigenvalue weighted by Crippen LogP contribution is 2.42. The highest BCUT2D eigenvalue weighted by atomic mass is 16.2. The van der Waals surface area contributed by atoms with Gasteiger partial charge in [0.2, 0.25) is 0 Å². The molecule has 1 N–H and O–H groups in total. The van der Waals surface area contributed by atoms with Crippen LogP contribution in [0.3, 0.4) is 0 Å². The summed E-state index contributed by atoms with van der Waals surface area (Å²) in [5, 5.41) is 4.88. The molecule has 0 saturated carbocycles. The zero-order chi connectivity index (χ0) is 20.1. The molecule has 0 radical (unpaired) electrons. The summed E-state index contributed by atoms with van der Waals surface area (Å²) in [5.41, 5.74) is 1.23. The van der Waals surface area contributed by atoms with Crippen molar-refractivity contribution >= 4 is 28.3 Å². The van der Waals surface area contributed by atoms with E-state index in [9.17, 15) is 9.59 Å². The van der Waals surface area contributed by atoms with Crippen LogP contribution >= 0.6 is 0 Å². The fraction of sp³-hybridized carbons (Fsp3) is 0.455. The average Bonchev–Trinajstić information content (AvgIpc) is 2.58. The second kappa shape index (κ2) is 6.34. The third-order valence-corrected chi connectivity index (χ3v) is 6.20. The lowest BCUT2D eigenvalue weighted by Gasteiger charge is -2.49. The van der Waals surface area contributed by atoms with Gasteiger partial charge in [-0.2, -0.15) is 0 Å². The monoisotopic (exact) mass is 367 g/mol. The van der Waals surface area contributed by atoms with Crippen LogP contribution in [0, 0.1) is 5.41 Å². The van der Waals surface area contributed by atoms with Gasteiger partial charge in [0.15, 0.2) is 0 Å². The summed E-state index contributed by atoms with van der Waals surface area (Å²) in [5.74, 6) is -0.439. The lowest BCUT2D eigenvalue weighted by atomic mass is 9.72. The molecule has 2 aromatic carbocycles. The minimum Gasteiger partial charge on any atom is -0.377 e. The van der Waals surface area contributed by atoms with Gasteiger partial charge in [-0.3, -0.25) is 14.5 Å². The summed E-state index contributed by atoms with van der Waals surface area (Å²) in [4.78, 5) is 30.4. The zero-order valence-electron chi connectivity index (χ0n) is 17.3. The number of hydrogen-bond acceptors (Lipinski definition) is 4. The van der Waals surface area contributed by atoms with Crippen molar-refractivity contribution in [1.29, 1.82) is 0 Å². The lowest BCUT2D eigenvalue weighted by molar-refractivity contribution is 0.0132. The van der Waals surface area contributed by atoms with E-state index >= 15 is 0 Å². The maximum Gasteiger partial charge on any atom is 0.261 e. The molecule has 5 nitrogen and oxygen atoms in total. The Morgan fingerprint density at radius 1 is 0.963 bits per heavy atom. The molecule has 0 bridgehead atoms. The summed E-state index contributed by atoms with van der Waals surface area (Å²) < 4.78 is 0. The molecule has 144 valence electrons. The van der Waals surface area contributed by atoms with Crippen LogP contribution in [0.15, 0.2) is 30.3 Å². The molecule has 2 aromatic rings. The topological polar surface area (TPSA) is 52.7 Å². The molecule has 27 heavy (non-hydrogen) atoms. The molecule has 0 atom stereocenters. The molecular weight excluding hydrogens is 338 g/mol. The Hall–Kier alpha value is -2.40. The minimum atomic E-state index is -0.662. The van der Waals surface area contributed by atoms with E-state index in [1.165, 1.54) is 4.90 Å². The quantitative estimate of drug-likeness (QED) is 0.822. The Labute approximate surface area is 161 Å². The number of benzene rings is 2. The third kappa shape index (κ3) is 2.72. The molecule has 5 heteroatoms. The summed E-state index contributed by atoms with van der Waals surface area (Å²) in [7, 11) is 5.81. The van der Waals surface area contributed by atoms with Crippen LogP contribution in [0.4, 0.5) is 5.69 Å². The van der Waals surface area contributed by atoms with E-state index in [4.69, 9.17) is 0 Å². The maximum atomic E-state index is 13.5. The van der Waals surface area contributed by atoms with E-state index in [-0.39, 0.29) is 17.2 Å². The van der Waals surface area contributed by atoms with Crippen molar-refractivity contribution in [3.05, 3.63) is 41.5 Å². The van der Waals surface area contributed by atoms with Crippen LogP contribution < -0.4 is 10.2 Å². The SMILES string of the molecule is CNCC(C)(C)C(C)(C)N1C(=O)c2cccc3c(N(C)C)ccc(c23)C1=O. The van der Waals surface area contributed by atoms with Gasteiger partial charge in [0.1, 0.15) is 0 Å². The smallest absolute Gasteiger partial charge is 0.261 e. The summed E-state index contributed by atoms with van der Waals surface area (Å²) in [6.45, 7) is 8.79. The van der Waals surface area contributed by atoms with Crippen molar-refractivity contribution in [2.24, 2.45) is 5.41 Å². The fourth-order valence-electron chi connectivity index (χ4n) is 3.94. The molecule has 3 rings (SSSR count). The van der Waals surface area contributed by atoms with Crippen molar-refractivity contribution < 1.29 is 9.59 Å². The molecule has 0 spiro atoms. The molecule has 0 aliphatic carbocycles. The number of carbonyl (C=O) groups is 2. The standard InChI is InChI=1S/C22H29N3O2/c1-21(2,13-23-5)22(3,4)25-19(26)15-10-8-9-14-17(24(6)7)12-11-16(18(14)15)20(25)27/h8-12,23H,13H2,1-7H3. The predicted molar refractivity (Wildman–Crippen MR) is 111 cm³/mol. The summed E-state index contributed by atoms with van der Waals surface area (Å²) in [6, 6.07) is 9.51. The first kappa shape index (κ1) is 19.4. The van der Waals surface area contributed by atoms with Gasteiger partial charge >= 0.3 is 0 Å².